The first kappa shape index (κ1) is 15.3. The largest absolute Gasteiger partial charge is 0.548 e. The fourth-order valence-electron chi connectivity index (χ4n) is 1.05. The Bertz CT molecular complexity index is 336. The Balaban J connectivity index is 3.38. The lowest BCUT2D eigenvalue weighted by Crippen LogP contribution is -2.27. The predicted molar refractivity (Wildman–Crippen MR) is 64.7 cm³/mol. The number of hydrogen-bond donors (Lipinski definition) is 0. The Labute approximate surface area is 103 Å². The van der Waals surface area contributed by atoms with E-state index in [1.54, 1.807) is 0 Å². The first-order valence-corrected chi connectivity index (χ1v) is 5.61. The first-order valence-electron chi connectivity index (χ1n) is 5.61. The summed E-state index contributed by atoms with van der Waals surface area (Å²) in [7, 11) is 0. The second-order valence-corrected chi connectivity index (χ2v) is 3.36. The van der Waals surface area contributed by atoms with Gasteiger partial charge in [0.15, 0.2) is 0 Å². The fraction of sp³-hybridized carbons (Fsp3) is 0.500. The van der Waals surface area contributed by atoms with Gasteiger partial charge in [-0.1, -0.05) is 24.3 Å². The van der Waals surface area contributed by atoms with Crippen molar-refractivity contribution in [1.82, 2.24) is 0 Å². The van der Waals surface area contributed by atoms with Crippen LogP contribution >= 0.6 is 0 Å². The molecule has 0 aromatic rings. The van der Waals surface area contributed by atoms with Crippen LogP contribution in [0, 0.1) is 23.7 Å². The van der Waals surface area contributed by atoms with Crippen molar-refractivity contribution >= 4 is 5.97 Å². The van der Waals surface area contributed by atoms with Crippen LogP contribution in [0.5, 0.6) is 0 Å². The van der Waals surface area contributed by atoms with Gasteiger partial charge in [0.05, 0.1) is 12.6 Å². The smallest absolute Gasteiger partial charge is 0.109 e. The van der Waals surface area contributed by atoms with Crippen LogP contribution in [0.3, 0.4) is 0 Å². The number of allylic oxidation sites excluding steroid dienone is 1. The van der Waals surface area contributed by atoms with E-state index < -0.39 is 12.6 Å². The van der Waals surface area contributed by atoms with E-state index in [1.165, 1.54) is 0 Å². The van der Waals surface area contributed by atoms with Gasteiger partial charge in [-0.2, -0.15) is 0 Å². The molecule has 17 heavy (non-hydrogen) atoms. The zero-order valence-corrected chi connectivity index (χ0v) is 9.96. The fourth-order valence-corrected chi connectivity index (χ4v) is 1.05. The van der Waals surface area contributed by atoms with E-state index in [2.05, 4.69) is 35.0 Å². The Morgan fingerprint density at radius 2 is 2.00 bits per heavy atom. The maximum absolute atomic E-state index is 9.96. The maximum atomic E-state index is 9.96. The van der Waals surface area contributed by atoms with Crippen LogP contribution in [-0.4, -0.2) is 19.2 Å². The lowest BCUT2D eigenvalue weighted by molar-refractivity contribution is -0.309. The van der Waals surface area contributed by atoms with Crippen molar-refractivity contribution in [1.29, 1.82) is 0 Å². The molecule has 0 heterocycles. The van der Waals surface area contributed by atoms with Crippen LogP contribution < -0.4 is 5.11 Å². The molecule has 0 amide bonds. The van der Waals surface area contributed by atoms with E-state index in [1.807, 2.05) is 6.08 Å². The lowest BCUT2D eigenvalue weighted by atomic mass is 10.1. The summed E-state index contributed by atoms with van der Waals surface area (Å²) in [5.74, 6) is 9.58. The summed E-state index contributed by atoms with van der Waals surface area (Å²) in [6, 6.07) is 0. The third-order valence-electron chi connectivity index (χ3n) is 1.84. The van der Waals surface area contributed by atoms with Crippen molar-refractivity contribution < 1.29 is 14.6 Å². The SMILES string of the molecule is C=CCCCCCC#CC#CCOCC(=O)[O-]. The summed E-state index contributed by atoms with van der Waals surface area (Å²) in [6.45, 7) is 3.30. The number of carbonyl (C=O) groups is 1. The summed E-state index contributed by atoms with van der Waals surface area (Å²) >= 11 is 0. The topological polar surface area (TPSA) is 49.4 Å². The van der Waals surface area contributed by atoms with Gasteiger partial charge in [-0.25, -0.2) is 0 Å². The molecule has 0 saturated carbocycles. The van der Waals surface area contributed by atoms with E-state index >= 15 is 0 Å². The Hall–Kier alpha value is -1.71. The lowest BCUT2D eigenvalue weighted by Gasteiger charge is -1.98. The van der Waals surface area contributed by atoms with Crippen molar-refractivity contribution in [2.24, 2.45) is 0 Å². The summed E-state index contributed by atoms with van der Waals surface area (Å²) in [5.41, 5.74) is 0. The number of carboxylic acids is 1. The number of unbranched alkanes of at least 4 members (excludes halogenated alkanes) is 4. The third kappa shape index (κ3) is 14.3. The molecule has 0 bridgehead atoms. The molecule has 0 unspecified atom stereocenters. The average Bonchev–Trinajstić information content (AvgIpc) is 2.30. The molecule has 0 rings (SSSR count). The summed E-state index contributed by atoms with van der Waals surface area (Å²) in [6.07, 6.45) is 7.21. The van der Waals surface area contributed by atoms with Crippen LogP contribution in [-0.2, 0) is 9.53 Å². The quantitative estimate of drug-likeness (QED) is 0.355. The Morgan fingerprint density at radius 1 is 1.24 bits per heavy atom. The molecule has 0 spiro atoms. The van der Waals surface area contributed by atoms with Gasteiger partial charge in [0.1, 0.15) is 6.61 Å². The first-order chi connectivity index (χ1) is 8.27. The van der Waals surface area contributed by atoms with Gasteiger partial charge in [0, 0.05) is 6.42 Å². The van der Waals surface area contributed by atoms with Crippen molar-refractivity contribution in [3.8, 4) is 23.7 Å². The molecule has 0 saturated heterocycles. The molecule has 0 aliphatic carbocycles. The van der Waals surface area contributed by atoms with Crippen molar-refractivity contribution in [3.63, 3.8) is 0 Å². The third-order valence-corrected chi connectivity index (χ3v) is 1.84. The predicted octanol–water partition coefficient (Wildman–Crippen LogP) is 0.896. The van der Waals surface area contributed by atoms with Crippen molar-refractivity contribution in [2.75, 3.05) is 13.2 Å². The second kappa shape index (κ2) is 12.4. The molecule has 0 aliphatic rings. The number of carbonyl (C=O) groups excluding carboxylic acids is 1. The zero-order chi connectivity index (χ0) is 12.8. The van der Waals surface area contributed by atoms with Gasteiger partial charge < -0.3 is 14.6 Å². The molecular weight excluding hydrogens is 216 g/mol. The standard InChI is InChI=1S/C14H18O3/c1-2-3-4-5-6-7-8-9-10-11-12-17-13-14(15)16/h2H,1,3-7,12-13H2,(H,15,16)/p-1. The van der Waals surface area contributed by atoms with E-state index in [-0.39, 0.29) is 6.61 Å². The highest BCUT2D eigenvalue weighted by molar-refractivity contribution is 5.65. The zero-order valence-electron chi connectivity index (χ0n) is 9.96. The van der Waals surface area contributed by atoms with Crippen LogP contribution in [0.1, 0.15) is 32.1 Å². The molecule has 92 valence electrons. The van der Waals surface area contributed by atoms with Crippen LogP contribution in [0.4, 0.5) is 0 Å². The number of aliphatic carboxylic acids is 1. The summed E-state index contributed by atoms with van der Waals surface area (Å²) in [4.78, 5) is 9.96. The minimum absolute atomic E-state index is 0.0714. The van der Waals surface area contributed by atoms with Gasteiger partial charge in [0.2, 0.25) is 0 Å². The normalized spacial score (nSPS) is 8.47. The molecule has 0 atom stereocenters. The maximum Gasteiger partial charge on any atom is 0.109 e. The summed E-state index contributed by atoms with van der Waals surface area (Å²) < 4.78 is 4.65. The van der Waals surface area contributed by atoms with Gasteiger partial charge in [-0.3, -0.25) is 0 Å². The van der Waals surface area contributed by atoms with Crippen LogP contribution in [0.25, 0.3) is 0 Å². The van der Waals surface area contributed by atoms with Gasteiger partial charge in [0.25, 0.3) is 0 Å². The minimum atomic E-state index is -1.24. The number of hydrogen-bond acceptors (Lipinski definition) is 3. The molecule has 0 fully saturated rings. The Morgan fingerprint density at radius 3 is 2.71 bits per heavy atom. The molecule has 0 radical (unpaired) electrons. The Kier molecular flexibility index (Phi) is 11.1. The molecule has 0 aliphatic heterocycles. The van der Waals surface area contributed by atoms with Crippen LogP contribution in [0.2, 0.25) is 0 Å². The van der Waals surface area contributed by atoms with Crippen LogP contribution in [0.15, 0.2) is 12.7 Å². The van der Waals surface area contributed by atoms with Crippen molar-refractivity contribution in [3.05, 3.63) is 12.7 Å². The van der Waals surface area contributed by atoms with E-state index in [0.717, 1.165) is 32.1 Å². The number of rotatable bonds is 8. The average molecular weight is 233 g/mol. The van der Waals surface area contributed by atoms with Crippen molar-refractivity contribution in [2.45, 2.75) is 32.1 Å². The van der Waals surface area contributed by atoms with E-state index in [4.69, 9.17) is 0 Å². The van der Waals surface area contributed by atoms with Gasteiger partial charge in [-0.05, 0) is 31.1 Å². The molecular formula is C14H17O3-. The number of carboxylic acid groups (broad SMARTS) is 1. The highest BCUT2D eigenvalue weighted by Crippen LogP contribution is 2.01. The van der Waals surface area contributed by atoms with E-state index in [9.17, 15) is 9.90 Å². The van der Waals surface area contributed by atoms with Gasteiger partial charge >= 0.3 is 0 Å². The van der Waals surface area contributed by atoms with Gasteiger partial charge in [-0.15, -0.1) is 6.58 Å². The second-order valence-electron chi connectivity index (χ2n) is 3.36. The molecule has 0 aromatic heterocycles. The molecule has 0 N–H and O–H groups in total. The monoisotopic (exact) mass is 233 g/mol. The molecule has 0 aromatic carbocycles. The highest BCUT2D eigenvalue weighted by atomic mass is 16.5. The highest BCUT2D eigenvalue weighted by Gasteiger charge is 1.84. The number of ether oxygens (including phenoxy) is 1. The minimum Gasteiger partial charge on any atom is -0.548 e. The van der Waals surface area contributed by atoms with E-state index in [0.29, 0.717) is 0 Å². The molecule has 3 heteroatoms. The summed E-state index contributed by atoms with van der Waals surface area (Å²) in [5, 5.41) is 9.96. The molecule has 3 nitrogen and oxygen atoms in total.